The molecular formula is C11H15BrN2. The van der Waals surface area contributed by atoms with Gasteiger partial charge in [0.05, 0.1) is 0 Å². The third-order valence-electron chi connectivity index (χ3n) is 2.78. The topological polar surface area (TPSA) is 16.1 Å². The molecule has 1 aromatic heterocycles. The first-order valence-corrected chi connectivity index (χ1v) is 5.85. The van der Waals surface area contributed by atoms with Crippen molar-refractivity contribution in [2.45, 2.75) is 26.3 Å². The molecule has 0 aromatic carbocycles. The Bertz CT molecular complexity index is 327. The van der Waals surface area contributed by atoms with Crippen LogP contribution in [0, 0.1) is 5.92 Å². The van der Waals surface area contributed by atoms with E-state index in [1.54, 1.807) is 0 Å². The van der Waals surface area contributed by atoms with Crippen LogP contribution in [0.25, 0.3) is 0 Å². The molecule has 3 heteroatoms. The van der Waals surface area contributed by atoms with Gasteiger partial charge < -0.3 is 4.90 Å². The molecule has 2 nitrogen and oxygen atoms in total. The Morgan fingerprint density at radius 2 is 2.21 bits per heavy atom. The minimum Gasteiger partial charge on any atom is -0.354 e. The molecule has 1 aliphatic heterocycles. The average molecular weight is 255 g/mol. The largest absolute Gasteiger partial charge is 0.354 e. The Balaban J connectivity index is 2.23. The van der Waals surface area contributed by atoms with Crippen LogP contribution in [-0.2, 0) is 0 Å². The van der Waals surface area contributed by atoms with Crippen LogP contribution in [0.15, 0.2) is 22.8 Å². The predicted octanol–water partition coefficient (Wildman–Crippen LogP) is 3.08. The normalized spacial score (nSPS) is 26.9. The van der Waals surface area contributed by atoms with E-state index < -0.39 is 0 Å². The highest BCUT2D eigenvalue weighted by Gasteiger charge is 2.26. The van der Waals surface area contributed by atoms with Gasteiger partial charge in [-0.3, -0.25) is 0 Å². The van der Waals surface area contributed by atoms with Gasteiger partial charge in [0.15, 0.2) is 0 Å². The monoisotopic (exact) mass is 254 g/mol. The van der Waals surface area contributed by atoms with E-state index in [2.05, 4.69) is 45.7 Å². The SMILES string of the molecule is CC1CC(C)N(c2cccc(Br)n2)C1. The highest BCUT2D eigenvalue weighted by Crippen LogP contribution is 2.27. The fourth-order valence-corrected chi connectivity index (χ4v) is 2.51. The second-order valence-electron chi connectivity index (χ2n) is 4.16. The van der Waals surface area contributed by atoms with Gasteiger partial charge in [-0.15, -0.1) is 0 Å². The van der Waals surface area contributed by atoms with Crippen molar-refractivity contribution in [2.75, 3.05) is 11.4 Å². The maximum atomic E-state index is 4.48. The molecule has 0 N–H and O–H groups in total. The van der Waals surface area contributed by atoms with Crippen molar-refractivity contribution >= 4 is 21.7 Å². The van der Waals surface area contributed by atoms with Crippen LogP contribution in [0.1, 0.15) is 20.3 Å². The summed E-state index contributed by atoms with van der Waals surface area (Å²) in [5.74, 6) is 1.88. The zero-order chi connectivity index (χ0) is 10.1. The molecule has 0 radical (unpaired) electrons. The number of pyridine rings is 1. The van der Waals surface area contributed by atoms with E-state index in [0.717, 1.165) is 22.9 Å². The molecule has 2 rings (SSSR count). The molecule has 0 amide bonds. The van der Waals surface area contributed by atoms with Crippen molar-refractivity contribution in [3.05, 3.63) is 22.8 Å². The number of aromatic nitrogens is 1. The maximum Gasteiger partial charge on any atom is 0.130 e. The number of nitrogens with zero attached hydrogens (tertiary/aromatic N) is 2. The lowest BCUT2D eigenvalue weighted by Crippen LogP contribution is -2.27. The van der Waals surface area contributed by atoms with Crippen LogP contribution in [-0.4, -0.2) is 17.6 Å². The Labute approximate surface area is 93.5 Å². The zero-order valence-electron chi connectivity index (χ0n) is 8.57. The second-order valence-corrected chi connectivity index (χ2v) is 4.97. The third-order valence-corrected chi connectivity index (χ3v) is 3.22. The Kier molecular flexibility index (Phi) is 2.77. The lowest BCUT2D eigenvalue weighted by molar-refractivity contribution is 0.625. The molecule has 14 heavy (non-hydrogen) atoms. The Morgan fingerprint density at radius 3 is 2.79 bits per heavy atom. The number of halogens is 1. The quantitative estimate of drug-likeness (QED) is 0.717. The van der Waals surface area contributed by atoms with Crippen LogP contribution in [0.2, 0.25) is 0 Å². The van der Waals surface area contributed by atoms with E-state index in [9.17, 15) is 0 Å². The highest BCUT2D eigenvalue weighted by molar-refractivity contribution is 9.10. The summed E-state index contributed by atoms with van der Waals surface area (Å²) in [6.45, 7) is 5.70. The summed E-state index contributed by atoms with van der Waals surface area (Å²) in [6, 6.07) is 6.71. The molecule has 76 valence electrons. The first-order chi connectivity index (χ1) is 6.66. The number of anilines is 1. The number of rotatable bonds is 1. The second kappa shape index (κ2) is 3.89. The van der Waals surface area contributed by atoms with Gasteiger partial charge in [0.1, 0.15) is 10.4 Å². The summed E-state index contributed by atoms with van der Waals surface area (Å²) in [5.41, 5.74) is 0. The molecule has 2 heterocycles. The number of hydrogen-bond donors (Lipinski definition) is 0. The molecule has 1 saturated heterocycles. The van der Waals surface area contributed by atoms with Gasteiger partial charge in [0, 0.05) is 12.6 Å². The van der Waals surface area contributed by atoms with Gasteiger partial charge in [-0.05, 0) is 47.3 Å². The molecule has 0 aliphatic carbocycles. The standard InChI is InChI=1S/C11H15BrN2/c1-8-6-9(2)14(7-8)11-5-3-4-10(12)13-11/h3-5,8-9H,6-7H2,1-2H3. The summed E-state index contributed by atoms with van der Waals surface area (Å²) < 4.78 is 0.918. The van der Waals surface area contributed by atoms with E-state index in [4.69, 9.17) is 0 Å². The fourth-order valence-electron chi connectivity index (χ4n) is 2.18. The minimum atomic E-state index is 0.617. The summed E-state index contributed by atoms with van der Waals surface area (Å²) in [7, 11) is 0. The molecule has 0 saturated carbocycles. The first-order valence-electron chi connectivity index (χ1n) is 5.06. The van der Waals surface area contributed by atoms with Gasteiger partial charge in [0.2, 0.25) is 0 Å². The molecular weight excluding hydrogens is 240 g/mol. The summed E-state index contributed by atoms with van der Waals surface area (Å²) in [5, 5.41) is 0. The van der Waals surface area contributed by atoms with Gasteiger partial charge in [-0.1, -0.05) is 13.0 Å². The molecule has 2 atom stereocenters. The zero-order valence-corrected chi connectivity index (χ0v) is 10.2. The van der Waals surface area contributed by atoms with Gasteiger partial charge in [-0.25, -0.2) is 4.98 Å². The molecule has 0 spiro atoms. The van der Waals surface area contributed by atoms with Crippen LogP contribution < -0.4 is 4.90 Å². The van der Waals surface area contributed by atoms with Gasteiger partial charge in [0.25, 0.3) is 0 Å². The lowest BCUT2D eigenvalue weighted by atomic mass is 10.1. The van der Waals surface area contributed by atoms with Crippen molar-refractivity contribution in [3.63, 3.8) is 0 Å². The van der Waals surface area contributed by atoms with E-state index in [1.165, 1.54) is 6.42 Å². The summed E-state index contributed by atoms with van der Waals surface area (Å²) >= 11 is 3.41. The van der Waals surface area contributed by atoms with E-state index in [1.807, 2.05) is 12.1 Å². The average Bonchev–Trinajstić information content (AvgIpc) is 2.45. The molecule has 1 aliphatic rings. The van der Waals surface area contributed by atoms with Crippen molar-refractivity contribution in [1.29, 1.82) is 0 Å². The highest BCUT2D eigenvalue weighted by atomic mass is 79.9. The third kappa shape index (κ3) is 1.92. The van der Waals surface area contributed by atoms with E-state index in [-0.39, 0.29) is 0 Å². The van der Waals surface area contributed by atoms with E-state index in [0.29, 0.717) is 6.04 Å². The lowest BCUT2D eigenvalue weighted by Gasteiger charge is -2.22. The maximum absolute atomic E-state index is 4.48. The van der Waals surface area contributed by atoms with Crippen LogP contribution >= 0.6 is 15.9 Å². The molecule has 1 fully saturated rings. The summed E-state index contributed by atoms with van der Waals surface area (Å²) in [4.78, 5) is 6.87. The van der Waals surface area contributed by atoms with Crippen LogP contribution in [0.5, 0.6) is 0 Å². The first kappa shape index (κ1) is 9.97. The van der Waals surface area contributed by atoms with E-state index >= 15 is 0 Å². The van der Waals surface area contributed by atoms with Crippen LogP contribution in [0.4, 0.5) is 5.82 Å². The van der Waals surface area contributed by atoms with Crippen molar-refractivity contribution in [2.24, 2.45) is 5.92 Å². The van der Waals surface area contributed by atoms with Crippen molar-refractivity contribution < 1.29 is 0 Å². The van der Waals surface area contributed by atoms with Gasteiger partial charge >= 0.3 is 0 Å². The minimum absolute atomic E-state index is 0.617. The predicted molar refractivity (Wildman–Crippen MR) is 62.5 cm³/mol. The van der Waals surface area contributed by atoms with Crippen molar-refractivity contribution in [1.82, 2.24) is 4.98 Å². The Morgan fingerprint density at radius 1 is 1.43 bits per heavy atom. The molecule has 2 unspecified atom stereocenters. The fraction of sp³-hybridized carbons (Fsp3) is 0.545. The Hall–Kier alpha value is -0.570. The smallest absolute Gasteiger partial charge is 0.130 e. The van der Waals surface area contributed by atoms with Gasteiger partial charge in [-0.2, -0.15) is 0 Å². The summed E-state index contributed by atoms with van der Waals surface area (Å²) in [6.07, 6.45) is 1.27. The number of hydrogen-bond acceptors (Lipinski definition) is 2. The molecule has 1 aromatic rings. The van der Waals surface area contributed by atoms with Crippen molar-refractivity contribution in [3.8, 4) is 0 Å². The van der Waals surface area contributed by atoms with Crippen LogP contribution in [0.3, 0.4) is 0 Å². The molecule has 0 bridgehead atoms.